The zero-order valence-corrected chi connectivity index (χ0v) is 25.1. The highest BCUT2D eigenvalue weighted by atomic mass is 16.8. The zero-order valence-electron chi connectivity index (χ0n) is 25.1. The Balaban J connectivity index is 2.66. The molecule has 2 heterocycles. The largest absolute Gasteiger partial charge is 0.463 e. The van der Waals surface area contributed by atoms with Gasteiger partial charge in [0, 0.05) is 48.5 Å². The lowest BCUT2D eigenvalue weighted by Crippen LogP contribution is -2.67. The van der Waals surface area contributed by atoms with E-state index in [0.717, 1.165) is 48.5 Å². The minimum absolute atomic E-state index is 0.560. The van der Waals surface area contributed by atoms with Crippen LogP contribution in [-0.2, 0) is 80.9 Å². The summed E-state index contributed by atoms with van der Waals surface area (Å²) in [5.41, 5.74) is 0. The lowest BCUT2D eigenvalue weighted by Gasteiger charge is -2.48. The number of aliphatic hydroxyl groups excluding tert-OH is 1. The van der Waals surface area contributed by atoms with Gasteiger partial charge in [-0.3, -0.25) is 33.6 Å². The smallest absolute Gasteiger partial charge is 0.303 e. The van der Waals surface area contributed by atoms with Gasteiger partial charge >= 0.3 is 41.8 Å². The van der Waals surface area contributed by atoms with Crippen molar-refractivity contribution in [2.45, 2.75) is 110 Å². The highest BCUT2D eigenvalue weighted by molar-refractivity contribution is 5.69. The van der Waals surface area contributed by atoms with Gasteiger partial charge in [0.25, 0.3) is 0 Å². The van der Waals surface area contributed by atoms with Crippen LogP contribution in [0.4, 0.5) is 0 Å². The first kappa shape index (κ1) is 36.3. The molecule has 0 aliphatic carbocycles. The molecule has 0 unspecified atom stereocenters. The third kappa shape index (κ3) is 10.7. The van der Waals surface area contributed by atoms with Gasteiger partial charge in [0.2, 0.25) is 0 Å². The molecule has 2 aliphatic rings. The highest BCUT2D eigenvalue weighted by Gasteiger charge is 2.57. The molecule has 18 heteroatoms. The SMILES string of the molecule is CC(=O)OC[C@H]1O[C@@H](O)[C@H](OC(C)=O)[C@@H](O[C@H]2O[C@H](COC(C)=O)[C@H](OC(C)=O)[C@H](OC(C)=O)[C@H]2OC(C)=O)[C@H]1OC(C)=O. The molecule has 0 aromatic heterocycles. The molecule has 0 aromatic rings. The first-order valence-corrected chi connectivity index (χ1v) is 13.3. The molecule has 0 spiro atoms. The maximum absolute atomic E-state index is 12.2. The van der Waals surface area contributed by atoms with E-state index >= 15 is 0 Å². The molecule has 10 atom stereocenters. The van der Waals surface area contributed by atoms with Crippen LogP contribution in [0.2, 0.25) is 0 Å². The fourth-order valence-corrected chi connectivity index (χ4v) is 4.49. The second-order valence-electron chi connectivity index (χ2n) is 9.68. The van der Waals surface area contributed by atoms with Crippen LogP contribution in [-0.4, -0.2) is 122 Å². The quantitative estimate of drug-likeness (QED) is 0.203. The average molecular weight is 637 g/mol. The molecule has 2 fully saturated rings. The van der Waals surface area contributed by atoms with Crippen molar-refractivity contribution in [1.29, 1.82) is 0 Å². The fraction of sp³-hybridized carbons (Fsp3) is 0.731. The predicted molar refractivity (Wildman–Crippen MR) is 135 cm³/mol. The monoisotopic (exact) mass is 636 g/mol. The molecule has 248 valence electrons. The van der Waals surface area contributed by atoms with E-state index in [1.165, 1.54) is 0 Å². The van der Waals surface area contributed by atoms with E-state index in [1.807, 2.05) is 0 Å². The summed E-state index contributed by atoms with van der Waals surface area (Å²) in [6, 6.07) is 0. The molecular weight excluding hydrogens is 600 g/mol. The van der Waals surface area contributed by atoms with Crippen LogP contribution in [0.1, 0.15) is 48.5 Å². The van der Waals surface area contributed by atoms with E-state index in [-0.39, 0.29) is 0 Å². The van der Waals surface area contributed by atoms with Crippen molar-refractivity contribution in [3.05, 3.63) is 0 Å². The van der Waals surface area contributed by atoms with Crippen LogP contribution in [0.25, 0.3) is 0 Å². The Morgan fingerprint density at radius 3 is 1.27 bits per heavy atom. The number of carbonyl (C=O) groups excluding carboxylic acids is 7. The summed E-state index contributed by atoms with van der Waals surface area (Å²) >= 11 is 0. The molecule has 0 saturated carbocycles. The van der Waals surface area contributed by atoms with E-state index in [1.54, 1.807) is 0 Å². The third-order valence-corrected chi connectivity index (χ3v) is 5.90. The summed E-state index contributed by atoms with van der Waals surface area (Å²) in [5.74, 6) is -6.03. The van der Waals surface area contributed by atoms with Crippen molar-refractivity contribution in [3.63, 3.8) is 0 Å². The summed E-state index contributed by atoms with van der Waals surface area (Å²) in [5, 5.41) is 10.8. The van der Waals surface area contributed by atoms with Gasteiger partial charge in [0.05, 0.1) is 0 Å². The van der Waals surface area contributed by atoms with Crippen LogP contribution in [0, 0.1) is 0 Å². The van der Waals surface area contributed by atoms with E-state index in [9.17, 15) is 38.7 Å². The van der Waals surface area contributed by atoms with Gasteiger partial charge in [-0.1, -0.05) is 0 Å². The number of esters is 7. The van der Waals surface area contributed by atoms with E-state index in [0.29, 0.717) is 0 Å². The van der Waals surface area contributed by atoms with Gasteiger partial charge in [-0.25, -0.2) is 0 Å². The Hall–Kier alpha value is -3.87. The molecular formula is C26H36O18. The van der Waals surface area contributed by atoms with Crippen molar-refractivity contribution in [1.82, 2.24) is 0 Å². The zero-order chi connectivity index (χ0) is 33.3. The number of carbonyl (C=O) groups is 7. The molecule has 18 nitrogen and oxygen atoms in total. The maximum Gasteiger partial charge on any atom is 0.303 e. The van der Waals surface area contributed by atoms with Gasteiger partial charge in [0.15, 0.2) is 43.1 Å². The van der Waals surface area contributed by atoms with Crippen LogP contribution < -0.4 is 0 Å². The summed E-state index contributed by atoms with van der Waals surface area (Å²) in [6.45, 7) is 6.13. The molecule has 1 N–H and O–H groups in total. The van der Waals surface area contributed by atoms with Crippen molar-refractivity contribution in [2.75, 3.05) is 13.2 Å². The van der Waals surface area contributed by atoms with Gasteiger partial charge < -0.3 is 52.5 Å². The third-order valence-electron chi connectivity index (χ3n) is 5.90. The number of ether oxygens (including phenoxy) is 10. The minimum atomic E-state index is -1.94. The molecule has 2 rings (SSSR count). The Bertz CT molecular complexity index is 1090. The van der Waals surface area contributed by atoms with Crippen LogP contribution in [0.5, 0.6) is 0 Å². The molecule has 0 radical (unpaired) electrons. The van der Waals surface area contributed by atoms with E-state index in [4.69, 9.17) is 47.4 Å². The molecule has 44 heavy (non-hydrogen) atoms. The highest BCUT2D eigenvalue weighted by Crippen LogP contribution is 2.35. The number of hydrogen-bond acceptors (Lipinski definition) is 18. The number of hydrogen-bond donors (Lipinski definition) is 1. The van der Waals surface area contributed by atoms with Crippen molar-refractivity contribution >= 4 is 41.8 Å². The van der Waals surface area contributed by atoms with Gasteiger partial charge in [-0.2, -0.15) is 0 Å². The summed E-state index contributed by atoms with van der Waals surface area (Å²) in [6.07, 6.45) is -16.4. The summed E-state index contributed by atoms with van der Waals surface area (Å²) in [4.78, 5) is 83.5. The maximum atomic E-state index is 12.2. The van der Waals surface area contributed by atoms with Crippen molar-refractivity contribution in [3.8, 4) is 0 Å². The van der Waals surface area contributed by atoms with Gasteiger partial charge in [-0.05, 0) is 0 Å². The van der Waals surface area contributed by atoms with Crippen LogP contribution in [0.3, 0.4) is 0 Å². The Kier molecular flexibility index (Phi) is 13.4. The van der Waals surface area contributed by atoms with Gasteiger partial charge in [-0.15, -0.1) is 0 Å². The van der Waals surface area contributed by atoms with Crippen LogP contribution in [0.15, 0.2) is 0 Å². The topological polar surface area (TPSA) is 232 Å². The molecule has 0 aromatic carbocycles. The molecule has 2 aliphatic heterocycles. The van der Waals surface area contributed by atoms with Crippen molar-refractivity contribution in [2.24, 2.45) is 0 Å². The predicted octanol–water partition coefficient (Wildman–Crippen LogP) is -1.40. The standard InChI is InChI=1S/C26H36O18/c1-10(27)35-8-17-19(37-12(3)29)21(23(25(34)42-17)40-15(6)32)44-26-24(41-16(7)33)22(39-14(5)31)20(38-13(4)30)18(43-26)9-36-11(2)28/h17-26,34H,8-9H2,1-7H3/t17-,18-,19+,20+,21+,22+,23-,24-,25-,26-/m1/s1. The Morgan fingerprint density at radius 2 is 0.841 bits per heavy atom. The fourth-order valence-electron chi connectivity index (χ4n) is 4.49. The second kappa shape index (κ2) is 16.3. The Morgan fingerprint density at radius 1 is 0.477 bits per heavy atom. The lowest BCUT2D eigenvalue weighted by molar-refractivity contribution is -0.357. The van der Waals surface area contributed by atoms with Gasteiger partial charge in [0.1, 0.15) is 31.5 Å². The first-order chi connectivity index (χ1) is 20.5. The molecule has 2 saturated heterocycles. The normalized spacial score (nSPS) is 31.5. The summed E-state index contributed by atoms with van der Waals surface area (Å²) < 4.78 is 54.0. The average Bonchev–Trinajstić information content (AvgIpc) is 2.87. The lowest BCUT2D eigenvalue weighted by atomic mass is 9.96. The number of rotatable bonds is 11. The summed E-state index contributed by atoms with van der Waals surface area (Å²) in [7, 11) is 0. The van der Waals surface area contributed by atoms with E-state index in [2.05, 4.69) is 0 Å². The van der Waals surface area contributed by atoms with Crippen molar-refractivity contribution < 1.29 is 86.0 Å². The second-order valence-corrected chi connectivity index (χ2v) is 9.68. The first-order valence-electron chi connectivity index (χ1n) is 13.3. The Labute approximate surface area is 251 Å². The van der Waals surface area contributed by atoms with E-state index < -0.39 is 116 Å². The minimum Gasteiger partial charge on any atom is -0.463 e. The van der Waals surface area contributed by atoms with Crippen LogP contribution >= 0.6 is 0 Å². The molecule has 0 amide bonds. The molecule has 0 bridgehead atoms. The number of aliphatic hydroxyl groups is 1.